The number of phenols is 1. The van der Waals surface area contributed by atoms with E-state index in [1.807, 2.05) is 0 Å². The smallest absolute Gasteiger partial charge is 0.245 e. The Morgan fingerprint density at radius 3 is 3.00 bits per heavy atom. The van der Waals surface area contributed by atoms with Crippen LogP contribution in [0, 0.1) is 0 Å². The van der Waals surface area contributed by atoms with Gasteiger partial charge in [0.05, 0.1) is 4.47 Å². The first-order valence-electron chi connectivity index (χ1n) is 4.24. The van der Waals surface area contributed by atoms with Crippen LogP contribution < -0.4 is 0 Å². The minimum absolute atomic E-state index is 0.0765. The summed E-state index contributed by atoms with van der Waals surface area (Å²) < 4.78 is 0.513. The number of hydrogen-bond donors (Lipinski definition) is 2. The van der Waals surface area contributed by atoms with Gasteiger partial charge in [0.1, 0.15) is 12.1 Å². The quantitative estimate of drug-likeness (QED) is 0.838. The summed E-state index contributed by atoms with van der Waals surface area (Å²) >= 11 is 9.03. The lowest BCUT2D eigenvalue weighted by atomic mass is 10.2. The second-order valence-electron chi connectivity index (χ2n) is 2.89. The number of H-pyrrole nitrogens is 1. The molecule has 2 N–H and O–H groups in total. The molecule has 16 heavy (non-hydrogen) atoms. The van der Waals surface area contributed by atoms with Crippen LogP contribution >= 0.6 is 27.5 Å². The SMILES string of the molecule is Oc1c(Br)cc(Cl)cc1C=Nc1ncn[nH]1. The zero-order valence-electron chi connectivity index (χ0n) is 7.85. The topological polar surface area (TPSA) is 74.2 Å². The molecule has 0 radical (unpaired) electrons. The van der Waals surface area contributed by atoms with Gasteiger partial charge in [-0.1, -0.05) is 11.6 Å². The first-order valence-corrected chi connectivity index (χ1v) is 5.41. The van der Waals surface area contributed by atoms with E-state index in [1.54, 1.807) is 12.1 Å². The second kappa shape index (κ2) is 4.63. The number of aromatic hydroxyl groups is 1. The number of halogens is 2. The summed E-state index contributed by atoms with van der Waals surface area (Å²) in [6.07, 6.45) is 2.80. The molecule has 1 aromatic carbocycles. The molecule has 0 aliphatic rings. The fourth-order valence-corrected chi connectivity index (χ4v) is 1.91. The van der Waals surface area contributed by atoms with E-state index in [0.29, 0.717) is 21.0 Å². The Bertz CT molecular complexity index is 527. The third-order valence-electron chi connectivity index (χ3n) is 1.79. The molecule has 7 heteroatoms. The third-order valence-corrected chi connectivity index (χ3v) is 2.61. The monoisotopic (exact) mass is 300 g/mol. The van der Waals surface area contributed by atoms with Gasteiger partial charge in [0.15, 0.2) is 0 Å². The maximum Gasteiger partial charge on any atom is 0.245 e. The van der Waals surface area contributed by atoms with Crippen LogP contribution in [0.2, 0.25) is 5.02 Å². The molecule has 0 amide bonds. The van der Waals surface area contributed by atoms with E-state index in [4.69, 9.17) is 11.6 Å². The summed E-state index contributed by atoms with van der Waals surface area (Å²) in [5.74, 6) is 0.433. The lowest BCUT2D eigenvalue weighted by Crippen LogP contribution is -1.84. The minimum Gasteiger partial charge on any atom is -0.506 e. The summed E-state index contributed by atoms with van der Waals surface area (Å²) in [5, 5.41) is 16.4. The summed E-state index contributed by atoms with van der Waals surface area (Å²) in [6, 6.07) is 3.20. The van der Waals surface area contributed by atoms with Crippen LogP contribution in [0.15, 0.2) is 27.9 Å². The van der Waals surface area contributed by atoms with Gasteiger partial charge in [-0.25, -0.2) is 10.1 Å². The Balaban J connectivity index is 2.34. The third kappa shape index (κ3) is 2.40. The Kier molecular flexibility index (Phi) is 3.21. The van der Waals surface area contributed by atoms with Gasteiger partial charge in [0.2, 0.25) is 5.95 Å². The second-order valence-corrected chi connectivity index (χ2v) is 4.18. The number of nitrogens with one attached hydrogen (secondary N) is 1. The number of hydrogen-bond acceptors (Lipinski definition) is 4. The Morgan fingerprint density at radius 2 is 2.31 bits per heavy atom. The largest absolute Gasteiger partial charge is 0.506 e. The first kappa shape index (κ1) is 11.1. The van der Waals surface area contributed by atoms with Crippen molar-refractivity contribution in [1.82, 2.24) is 15.2 Å². The molecule has 0 saturated carbocycles. The highest BCUT2D eigenvalue weighted by Gasteiger charge is 2.05. The Hall–Kier alpha value is -1.40. The predicted molar refractivity (Wildman–Crippen MR) is 64.5 cm³/mol. The van der Waals surface area contributed by atoms with Gasteiger partial charge in [0, 0.05) is 16.8 Å². The van der Waals surface area contributed by atoms with Crippen LogP contribution in [0.3, 0.4) is 0 Å². The average Bonchev–Trinajstić information content (AvgIpc) is 2.74. The van der Waals surface area contributed by atoms with Crippen molar-refractivity contribution in [2.45, 2.75) is 0 Å². The number of aromatic nitrogens is 3. The summed E-state index contributed by atoms with van der Waals surface area (Å²) in [4.78, 5) is 7.80. The van der Waals surface area contributed by atoms with Crippen LogP contribution in [0.25, 0.3) is 0 Å². The molecule has 2 rings (SSSR count). The number of nitrogens with zero attached hydrogens (tertiary/aromatic N) is 3. The van der Waals surface area contributed by atoms with Gasteiger partial charge < -0.3 is 5.11 Å². The van der Waals surface area contributed by atoms with Crippen LogP contribution in [-0.4, -0.2) is 26.5 Å². The Labute approximate surface area is 104 Å². The molecule has 0 unspecified atom stereocenters. The summed E-state index contributed by atoms with van der Waals surface area (Å²) in [7, 11) is 0. The molecule has 0 fully saturated rings. The lowest BCUT2D eigenvalue weighted by Gasteiger charge is -2.01. The van der Waals surface area contributed by atoms with Gasteiger partial charge in [0.25, 0.3) is 0 Å². The number of phenolic OH excluding ortho intramolecular Hbond substituents is 1. The lowest BCUT2D eigenvalue weighted by molar-refractivity contribution is 0.471. The van der Waals surface area contributed by atoms with E-state index in [1.165, 1.54) is 12.5 Å². The number of rotatable bonds is 2. The van der Waals surface area contributed by atoms with Gasteiger partial charge in [-0.3, -0.25) is 0 Å². The molecule has 0 saturated heterocycles. The normalized spacial score (nSPS) is 11.1. The zero-order valence-corrected chi connectivity index (χ0v) is 10.2. The van der Waals surface area contributed by atoms with Crippen molar-refractivity contribution >= 4 is 39.7 Å². The summed E-state index contributed by atoms with van der Waals surface area (Å²) in [6.45, 7) is 0. The van der Waals surface area contributed by atoms with E-state index in [0.717, 1.165) is 0 Å². The maximum absolute atomic E-state index is 9.71. The van der Waals surface area contributed by atoms with Gasteiger partial charge in [-0.2, -0.15) is 10.1 Å². The molecule has 0 aliphatic carbocycles. The highest BCUT2D eigenvalue weighted by atomic mass is 79.9. The molecule has 0 atom stereocenters. The van der Waals surface area contributed by atoms with Crippen LogP contribution in [0.5, 0.6) is 5.75 Å². The zero-order chi connectivity index (χ0) is 11.5. The first-order chi connectivity index (χ1) is 7.66. The van der Waals surface area contributed by atoms with Crippen molar-refractivity contribution in [3.8, 4) is 5.75 Å². The molecule has 2 aromatic rings. The van der Waals surface area contributed by atoms with Crippen molar-refractivity contribution in [3.05, 3.63) is 33.5 Å². The Morgan fingerprint density at radius 1 is 1.50 bits per heavy atom. The molecule has 0 spiro atoms. The number of aromatic amines is 1. The molecule has 0 bridgehead atoms. The molecular weight excluding hydrogens is 295 g/mol. The fraction of sp³-hybridized carbons (Fsp3) is 0. The van der Waals surface area contributed by atoms with E-state index in [9.17, 15) is 5.11 Å². The standard InChI is InChI=1S/C9H6BrClN4O/c10-7-2-6(11)1-5(8(7)16)3-12-9-13-4-14-15-9/h1-4,16H,(H,13,14,15). The van der Waals surface area contributed by atoms with E-state index in [-0.39, 0.29) is 5.75 Å². The highest BCUT2D eigenvalue weighted by Crippen LogP contribution is 2.30. The molecule has 0 aliphatic heterocycles. The van der Waals surface area contributed by atoms with Gasteiger partial charge >= 0.3 is 0 Å². The van der Waals surface area contributed by atoms with Crippen molar-refractivity contribution in [3.63, 3.8) is 0 Å². The van der Waals surface area contributed by atoms with Crippen LogP contribution in [0.4, 0.5) is 5.95 Å². The predicted octanol–water partition coefficient (Wildman–Crippen LogP) is 2.68. The molecule has 5 nitrogen and oxygen atoms in total. The van der Waals surface area contributed by atoms with Gasteiger partial charge in [-0.05, 0) is 28.1 Å². The van der Waals surface area contributed by atoms with E-state index >= 15 is 0 Å². The maximum atomic E-state index is 9.71. The van der Waals surface area contributed by atoms with E-state index in [2.05, 4.69) is 36.1 Å². The fourth-order valence-electron chi connectivity index (χ4n) is 1.08. The van der Waals surface area contributed by atoms with Crippen molar-refractivity contribution in [2.24, 2.45) is 4.99 Å². The average molecular weight is 302 g/mol. The van der Waals surface area contributed by atoms with Crippen LogP contribution in [-0.2, 0) is 0 Å². The van der Waals surface area contributed by atoms with E-state index < -0.39 is 0 Å². The number of benzene rings is 1. The molecule has 1 heterocycles. The molecule has 82 valence electrons. The van der Waals surface area contributed by atoms with Crippen molar-refractivity contribution in [2.75, 3.05) is 0 Å². The minimum atomic E-state index is 0.0765. The summed E-state index contributed by atoms with van der Waals surface area (Å²) in [5.41, 5.74) is 0.496. The van der Waals surface area contributed by atoms with Crippen LogP contribution in [0.1, 0.15) is 5.56 Å². The molecular formula is C9H6BrClN4O. The highest BCUT2D eigenvalue weighted by molar-refractivity contribution is 9.10. The van der Waals surface area contributed by atoms with Gasteiger partial charge in [-0.15, -0.1) is 0 Å². The van der Waals surface area contributed by atoms with Crippen molar-refractivity contribution < 1.29 is 5.11 Å². The number of aliphatic imine (C=N–C) groups is 1. The molecule has 1 aromatic heterocycles. The van der Waals surface area contributed by atoms with Crippen molar-refractivity contribution in [1.29, 1.82) is 0 Å².